The first kappa shape index (κ1) is 17.4. The number of nitrogens with zero attached hydrogens (tertiary/aromatic N) is 2. The molecule has 0 aromatic heterocycles. The number of halogens is 1. The van der Waals surface area contributed by atoms with Crippen LogP contribution >= 0.6 is 11.6 Å². The fourth-order valence-corrected chi connectivity index (χ4v) is 4.23. The Kier molecular flexibility index (Phi) is 4.66. The Balaban J connectivity index is 1.36. The lowest BCUT2D eigenvalue weighted by molar-refractivity contribution is -0.132. The first-order valence-electron chi connectivity index (χ1n) is 9.39. The van der Waals surface area contributed by atoms with E-state index in [0.717, 1.165) is 37.6 Å². The molecule has 1 amide bonds. The molecule has 1 saturated heterocycles. The lowest BCUT2D eigenvalue weighted by Crippen LogP contribution is -2.49. The highest BCUT2D eigenvalue weighted by Gasteiger charge is 2.46. The number of rotatable bonds is 3. The third-order valence-electron chi connectivity index (χ3n) is 5.68. The van der Waals surface area contributed by atoms with Crippen LogP contribution in [0.1, 0.15) is 29.0 Å². The summed E-state index contributed by atoms with van der Waals surface area (Å²) in [5.74, 6) is 0.922. The standard InChI is InChI=1S/C22H25ClN2O/c1-15-4-3-5-17(12-15)19-14-20(19)22(26)25-10-8-24(9-11-25)21-13-18(23)7-6-16(21)2/h3-7,12-13,19-20H,8-11,14H2,1-2H3/t19-,20-/m1/s1. The summed E-state index contributed by atoms with van der Waals surface area (Å²) in [6.45, 7) is 7.55. The van der Waals surface area contributed by atoms with Crippen LogP contribution in [0.3, 0.4) is 0 Å². The fourth-order valence-electron chi connectivity index (χ4n) is 4.06. The Morgan fingerprint density at radius 2 is 1.81 bits per heavy atom. The average Bonchev–Trinajstić information content (AvgIpc) is 3.44. The van der Waals surface area contributed by atoms with E-state index in [1.807, 2.05) is 12.1 Å². The number of hydrogen-bond acceptors (Lipinski definition) is 2. The molecule has 2 aromatic carbocycles. The molecule has 1 saturated carbocycles. The van der Waals surface area contributed by atoms with Gasteiger partial charge in [0.1, 0.15) is 0 Å². The van der Waals surface area contributed by atoms with Gasteiger partial charge in [0.2, 0.25) is 5.91 Å². The van der Waals surface area contributed by atoms with Crippen LogP contribution in [0.2, 0.25) is 5.02 Å². The third kappa shape index (κ3) is 3.45. The Morgan fingerprint density at radius 3 is 2.54 bits per heavy atom. The van der Waals surface area contributed by atoms with Crippen molar-refractivity contribution in [1.82, 2.24) is 4.90 Å². The first-order chi connectivity index (χ1) is 12.5. The van der Waals surface area contributed by atoms with E-state index in [0.29, 0.717) is 11.8 Å². The van der Waals surface area contributed by atoms with Crippen molar-refractivity contribution in [3.63, 3.8) is 0 Å². The van der Waals surface area contributed by atoms with Crippen molar-refractivity contribution in [2.24, 2.45) is 5.92 Å². The summed E-state index contributed by atoms with van der Waals surface area (Å²) in [5, 5.41) is 0.767. The molecule has 2 fully saturated rings. The minimum atomic E-state index is 0.177. The zero-order chi connectivity index (χ0) is 18.3. The largest absolute Gasteiger partial charge is 0.368 e. The molecule has 2 aliphatic rings. The number of carbonyl (C=O) groups is 1. The number of benzene rings is 2. The van der Waals surface area contributed by atoms with Crippen molar-refractivity contribution in [1.29, 1.82) is 0 Å². The van der Waals surface area contributed by atoms with Gasteiger partial charge in [-0.2, -0.15) is 0 Å². The van der Waals surface area contributed by atoms with Gasteiger partial charge in [-0.1, -0.05) is 47.5 Å². The molecule has 2 aromatic rings. The van der Waals surface area contributed by atoms with Crippen molar-refractivity contribution < 1.29 is 4.79 Å². The minimum absolute atomic E-state index is 0.177. The highest BCUT2D eigenvalue weighted by atomic mass is 35.5. The molecule has 3 nitrogen and oxygen atoms in total. The summed E-state index contributed by atoms with van der Waals surface area (Å²) in [6.07, 6.45) is 0.996. The zero-order valence-corrected chi connectivity index (χ0v) is 16.2. The number of amides is 1. The Bertz CT molecular complexity index is 827. The second kappa shape index (κ2) is 6.96. The van der Waals surface area contributed by atoms with Crippen LogP contribution in [-0.2, 0) is 4.79 Å². The predicted molar refractivity (Wildman–Crippen MR) is 107 cm³/mol. The second-order valence-electron chi connectivity index (χ2n) is 7.61. The quantitative estimate of drug-likeness (QED) is 0.801. The predicted octanol–water partition coefficient (Wildman–Crippen LogP) is 4.41. The fraction of sp³-hybridized carbons (Fsp3) is 0.409. The Hall–Kier alpha value is -2.00. The number of carbonyl (C=O) groups excluding carboxylic acids is 1. The molecule has 136 valence electrons. The van der Waals surface area contributed by atoms with Crippen LogP contribution in [0.4, 0.5) is 5.69 Å². The van der Waals surface area contributed by atoms with E-state index < -0.39 is 0 Å². The maximum absolute atomic E-state index is 12.9. The summed E-state index contributed by atoms with van der Waals surface area (Å²) in [7, 11) is 0. The molecule has 0 spiro atoms. The van der Waals surface area contributed by atoms with E-state index in [-0.39, 0.29) is 5.92 Å². The summed E-state index contributed by atoms with van der Waals surface area (Å²) >= 11 is 6.16. The van der Waals surface area contributed by atoms with E-state index in [4.69, 9.17) is 11.6 Å². The number of aryl methyl sites for hydroxylation is 2. The van der Waals surface area contributed by atoms with E-state index in [9.17, 15) is 4.79 Å². The number of piperazine rings is 1. The molecule has 0 N–H and O–H groups in total. The van der Waals surface area contributed by atoms with Gasteiger partial charge in [0, 0.05) is 42.8 Å². The van der Waals surface area contributed by atoms with E-state index in [1.165, 1.54) is 22.4 Å². The average molecular weight is 369 g/mol. The van der Waals surface area contributed by atoms with Gasteiger partial charge in [0.15, 0.2) is 0 Å². The molecule has 0 unspecified atom stereocenters. The van der Waals surface area contributed by atoms with Gasteiger partial charge < -0.3 is 9.80 Å². The summed E-state index contributed by atoms with van der Waals surface area (Å²) in [4.78, 5) is 17.3. The van der Waals surface area contributed by atoms with Crippen molar-refractivity contribution in [2.45, 2.75) is 26.2 Å². The number of hydrogen-bond donors (Lipinski definition) is 0. The SMILES string of the molecule is Cc1cccc([C@H]2C[C@H]2C(=O)N2CCN(c3cc(Cl)ccc3C)CC2)c1. The number of anilines is 1. The van der Waals surface area contributed by atoms with Crippen LogP contribution < -0.4 is 4.90 Å². The minimum Gasteiger partial charge on any atom is -0.368 e. The topological polar surface area (TPSA) is 23.6 Å². The molecule has 0 radical (unpaired) electrons. The molecule has 2 atom stereocenters. The summed E-state index contributed by atoms with van der Waals surface area (Å²) in [6, 6.07) is 14.6. The van der Waals surface area contributed by atoms with Gasteiger partial charge in [-0.05, 0) is 49.4 Å². The molecule has 1 aliphatic heterocycles. The molecule has 0 bridgehead atoms. The van der Waals surface area contributed by atoms with Gasteiger partial charge in [-0.25, -0.2) is 0 Å². The van der Waals surface area contributed by atoms with Crippen molar-refractivity contribution in [3.8, 4) is 0 Å². The molecule has 1 aliphatic carbocycles. The monoisotopic (exact) mass is 368 g/mol. The maximum atomic E-state index is 12.9. The van der Waals surface area contributed by atoms with Crippen LogP contribution in [0.5, 0.6) is 0 Å². The molecule has 1 heterocycles. The highest BCUT2D eigenvalue weighted by molar-refractivity contribution is 6.30. The smallest absolute Gasteiger partial charge is 0.226 e. The van der Waals surface area contributed by atoms with Gasteiger partial charge in [-0.15, -0.1) is 0 Å². The molecular formula is C22H25ClN2O. The molecule has 4 rings (SSSR count). The van der Waals surface area contributed by atoms with Crippen LogP contribution in [-0.4, -0.2) is 37.0 Å². The van der Waals surface area contributed by atoms with E-state index in [1.54, 1.807) is 0 Å². The summed E-state index contributed by atoms with van der Waals surface area (Å²) < 4.78 is 0. The molecule has 4 heteroatoms. The van der Waals surface area contributed by atoms with Crippen molar-refractivity contribution in [2.75, 3.05) is 31.1 Å². The van der Waals surface area contributed by atoms with E-state index in [2.05, 4.69) is 54.0 Å². The molecular weight excluding hydrogens is 344 g/mol. The van der Waals surface area contributed by atoms with Crippen LogP contribution in [0.15, 0.2) is 42.5 Å². The third-order valence-corrected chi connectivity index (χ3v) is 5.92. The Labute approximate surface area is 160 Å². The van der Waals surface area contributed by atoms with E-state index >= 15 is 0 Å². The van der Waals surface area contributed by atoms with Crippen molar-refractivity contribution >= 4 is 23.2 Å². The lowest BCUT2D eigenvalue weighted by atomic mass is 10.1. The zero-order valence-electron chi connectivity index (χ0n) is 15.4. The van der Waals surface area contributed by atoms with Gasteiger partial charge in [-0.3, -0.25) is 4.79 Å². The van der Waals surface area contributed by atoms with Gasteiger partial charge in [0.25, 0.3) is 0 Å². The second-order valence-corrected chi connectivity index (χ2v) is 8.04. The normalized spacial score (nSPS) is 22.4. The summed E-state index contributed by atoms with van der Waals surface area (Å²) in [5.41, 5.74) is 5.01. The first-order valence-corrected chi connectivity index (χ1v) is 9.77. The Morgan fingerprint density at radius 1 is 1.04 bits per heavy atom. The highest BCUT2D eigenvalue weighted by Crippen LogP contribution is 2.48. The van der Waals surface area contributed by atoms with Gasteiger partial charge in [0.05, 0.1) is 0 Å². The lowest BCUT2D eigenvalue weighted by Gasteiger charge is -2.37. The van der Waals surface area contributed by atoms with Crippen molar-refractivity contribution in [3.05, 3.63) is 64.2 Å². The van der Waals surface area contributed by atoms with Gasteiger partial charge >= 0.3 is 0 Å². The molecule has 26 heavy (non-hydrogen) atoms. The van der Waals surface area contributed by atoms with Crippen LogP contribution in [0.25, 0.3) is 0 Å². The maximum Gasteiger partial charge on any atom is 0.226 e. The van der Waals surface area contributed by atoms with Crippen LogP contribution in [0, 0.1) is 19.8 Å².